The van der Waals surface area contributed by atoms with Crippen molar-refractivity contribution in [3.8, 4) is 11.1 Å². The van der Waals surface area contributed by atoms with Crippen molar-refractivity contribution >= 4 is 15.8 Å². The first-order valence-electron chi connectivity index (χ1n) is 8.47. The molecule has 0 fully saturated rings. The summed E-state index contributed by atoms with van der Waals surface area (Å²) >= 11 is 0. The topological polar surface area (TPSA) is 81.4 Å². The maximum atomic E-state index is 13.1. The molecule has 0 aliphatic carbocycles. The van der Waals surface area contributed by atoms with Gasteiger partial charge in [-0.3, -0.25) is 4.72 Å². The molecule has 0 aliphatic rings. The van der Waals surface area contributed by atoms with Gasteiger partial charge in [0.25, 0.3) is 10.0 Å². The first-order chi connectivity index (χ1) is 12.8. The predicted octanol–water partition coefficient (Wildman–Crippen LogP) is 4.21. The van der Waals surface area contributed by atoms with Crippen LogP contribution in [0, 0.1) is 20.8 Å². The van der Waals surface area contributed by atoms with Crippen LogP contribution in [-0.2, 0) is 21.4 Å². The Kier molecular flexibility index (Phi) is 5.34. The first-order valence-corrected chi connectivity index (χ1v) is 9.96. The molecule has 1 aromatic heterocycles. The Morgan fingerprint density at radius 3 is 2.41 bits per heavy atom. The highest BCUT2D eigenvalue weighted by atomic mass is 32.2. The van der Waals surface area contributed by atoms with Crippen molar-refractivity contribution in [3.05, 3.63) is 64.9 Å². The molecule has 27 heavy (non-hydrogen) atoms. The van der Waals surface area contributed by atoms with Gasteiger partial charge in [0.05, 0.1) is 11.5 Å². The highest BCUT2D eigenvalue weighted by Crippen LogP contribution is 2.33. The average molecular weight is 386 g/mol. The second-order valence-electron chi connectivity index (χ2n) is 6.35. The molecule has 0 unspecified atom stereocenters. The third kappa shape index (κ3) is 3.74. The molecule has 0 aliphatic heterocycles. The molecule has 0 atom stereocenters. The van der Waals surface area contributed by atoms with E-state index >= 15 is 0 Å². The van der Waals surface area contributed by atoms with Gasteiger partial charge in [-0.1, -0.05) is 41.6 Å². The highest BCUT2D eigenvalue weighted by molar-refractivity contribution is 7.92. The number of rotatable bonds is 6. The van der Waals surface area contributed by atoms with Crippen molar-refractivity contribution in [2.45, 2.75) is 32.3 Å². The Morgan fingerprint density at radius 1 is 1.04 bits per heavy atom. The quantitative estimate of drug-likeness (QED) is 0.686. The van der Waals surface area contributed by atoms with Crippen LogP contribution in [-0.4, -0.2) is 20.7 Å². The van der Waals surface area contributed by atoms with Gasteiger partial charge in [-0.15, -0.1) is 0 Å². The van der Waals surface area contributed by atoms with Crippen molar-refractivity contribution in [2.24, 2.45) is 0 Å². The lowest BCUT2D eigenvalue weighted by Crippen LogP contribution is -2.15. The molecule has 1 N–H and O–H groups in total. The summed E-state index contributed by atoms with van der Waals surface area (Å²) in [6.45, 7) is 5.87. The molecule has 3 rings (SSSR count). The summed E-state index contributed by atoms with van der Waals surface area (Å²) in [5, 5.41) is 3.80. The largest absolute Gasteiger partial charge is 0.380 e. The summed E-state index contributed by atoms with van der Waals surface area (Å²) in [6, 6.07) is 12.7. The van der Waals surface area contributed by atoms with Crippen molar-refractivity contribution in [1.29, 1.82) is 0 Å². The van der Waals surface area contributed by atoms with Gasteiger partial charge in [-0.25, -0.2) is 8.42 Å². The van der Waals surface area contributed by atoms with Crippen LogP contribution in [0.4, 0.5) is 5.82 Å². The molecule has 0 amide bonds. The number of hydrogen-bond acceptors (Lipinski definition) is 5. The Morgan fingerprint density at radius 2 is 1.74 bits per heavy atom. The van der Waals surface area contributed by atoms with E-state index in [1.807, 2.05) is 31.2 Å². The molecule has 3 aromatic rings. The standard InChI is InChI=1S/C20H22N2O4S/c1-13-8-7-10-16(18(13)12-25-4)17-9-5-6-11-19(17)27(23,24)22-20-14(2)15(3)26-21-20/h5-11H,12H2,1-4H3,(H,21,22). The normalized spacial score (nSPS) is 11.6. The van der Waals surface area contributed by atoms with Crippen LogP contribution in [0.25, 0.3) is 11.1 Å². The van der Waals surface area contributed by atoms with Gasteiger partial charge in [0.15, 0.2) is 5.82 Å². The molecule has 2 aromatic carbocycles. The minimum absolute atomic E-state index is 0.174. The minimum Gasteiger partial charge on any atom is -0.380 e. The highest BCUT2D eigenvalue weighted by Gasteiger charge is 2.23. The lowest BCUT2D eigenvalue weighted by Gasteiger charge is -2.16. The molecule has 0 spiro atoms. The number of methoxy groups -OCH3 is 1. The van der Waals surface area contributed by atoms with Gasteiger partial charge < -0.3 is 9.26 Å². The van der Waals surface area contributed by atoms with Crippen LogP contribution >= 0.6 is 0 Å². The Balaban J connectivity index is 2.12. The van der Waals surface area contributed by atoms with E-state index in [9.17, 15) is 8.42 Å². The van der Waals surface area contributed by atoms with Crippen molar-refractivity contribution in [3.63, 3.8) is 0 Å². The van der Waals surface area contributed by atoms with Crippen molar-refractivity contribution in [2.75, 3.05) is 11.8 Å². The molecule has 0 saturated carbocycles. The fourth-order valence-electron chi connectivity index (χ4n) is 2.91. The van der Waals surface area contributed by atoms with Crippen LogP contribution in [0.5, 0.6) is 0 Å². The lowest BCUT2D eigenvalue weighted by atomic mass is 9.96. The molecule has 6 nitrogen and oxygen atoms in total. The Labute approximate surface area is 159 Å². The maximum absolute atomic E-state index is 13.1. The van der Waals surface area contributed by atoms with Gasteiger partial charge in [-0.2, -0.15) is 0 Å². The smallest absolute Gasteiger partial charge is 0.263 e. The molecule has 1 heterocycles. The summed E-state index contributed by atoms with van der Waals surface area (Å²) in [4.78, 5) is 0.174. The summed E-state index contributed by atoms with van der Waals surface area (Å²) in [6.07, 6.45) is 0. The van der Waals surface area contributed by atoms with E-state index in [0.717, 1.165) is 16.7 Å². The second kappa shape index (κ2) is 7.54. The van der Waals surface area contributed by atoms with E-state index in [1.165, 1.54) is 0 Å². The van der Waals surface area contributed by atoms with Crippen LogP contribution in [0.1, 0.15) is 22.5 Å². The van der Waals surface area contributed by atoms with Gasteiger partial charge in [0.2, 0.25) is 0 Å². The number of benzene rings is 2. The molecule has 7 heteroatoms. The number of aryl methyl sites for hydroxylation is 2. The molecular weight excluding hydrogens is 364 g/mol. The number of sulfonamides is 1. The number of ether oxygens (including phenoxy) is 1. The third-order valence-corrected chi connectivity index (χ3v) is 5.95. The summed E-state index contributed by atoms with van der Waals surface area (Å²) in [7, 11) is -2.24. The Hall–Kier alpha value is -2.64. The van der Waals surface area contributed by atoms with E-state index < -0.39 is 10.0 Å². The maximum Gasteiger partial charge on any atom is 0.263 e. The van der Waals surface area contributed by atoms with Crippen molar-refractivity contribution < 1.29 is 17.7 Å². The second-order valence-corrected chi connectivity index (χ2v) is 8.00. The third-order valence-electron chi connectivity index (χ3n) is 4.55. The van der Waals surface area contributed by atoms with E-state index in [2.05, 4.69) is 9.88 Å². The fraction of sp³-hybridized carbons (Fsp3) is 0.250. The Bertz CT molecular complexity index is 1070. The molecule has 0 saturated heterocycles. The number of anilines is 1. The first kappa shape index (κ1) is 19.1. The molecule has 0 radical (unpaired) electrons. The predicted molar refractivity (Wildman–Crippen MR) is 104 cm³/mol. The summed E-state index contributed by atoms with van der Waals surface area (Å²) in [5.74, 6) is 0.769. The zero-order valence-corrected chi connectivity index (χ0v) is 16.6. The number of nitrogens with one attached hydrogen (secondary N) is 1. The van der Waals surface area contributed by atoms with Gasteiger partial charge in [-0.05, 0) is 43.5 Å². The van der Waals surface area contributed by atoms with Crippen molar-refractivity contribution in [1.82, 2.24) is 5.16 Å². The zero-order chi connectivity index (χ0) is 19.6. The van der Waals surface area contributed by atoms with Crippen LogP contribution < -0.4 is 4.72 Å². The lowest BCUT2D eigenvalue weighted by molar-refractivity contribution is 0.185. The van der Waals surface area contributed by atoms with Crippen LogP contribution in [0.2, 0.25) is 0 Å². The average Bonchev–Trinajstić information content (AvgIpc) is 2.95. The van der Waals surface area contributed by atoms with E-state index in [0.29, 0.717) is 23.5 Å². The van der Waals surface area contributed by atoms with E-state index in [4.69, 9.17) is 9.26 Å². The van der Waals surface area contributed by atoms with E-state index in [-0.39, 0.29) is 10.7 Å². The zero-order valence-electron chi connectivity index (χ0n) is 15.7. The van der Waals surface area contributed by atoms with Crippen LogP contribution in [0.3, 0.4) is 0 Å². The molecular formula is C20H22N2O4S. The molecule has 0 bridgehead atoms. The summed E-state index contributed by atoms with van der Waals surface area (Å²) in [5.41, 5.74) is 4.09. The summed E-state index contributed by atoms with van der Waals surface area (Å²) < 4.78 is 39.1. The fourth-order valence-corrected chi connectivity index (χ4v) is 4.19. The number of nitrogens with zero attached hydrogens (tertiary/aromatic N) is 1. The van der Waals surface area contributed by atoms with Crippen LogP contribution in [0.15, 0.2) is 51.9 Å². The van der Waals surface area contributed by atoms with E-state index in [1.54, 1.807) is 39.2 Å². The monoisotopic (exact) mass is 386 g/mol. The van der Waals surface area contributed by atoms with Gasteiger partial charge in [0.1, 0.15) is 5.76 Å². The molecule has 142 valence electrons. The number of hydrogen-bond donors (Lipinski definition) is 1. The minimum atomic E-state index is -3.86. The number of aromatic nitrogens is 1. The van der Waals surface area contributed by atoms with Gasteiger partial charge >= 0.3 is 0 Å². The SMILES string of the molecule is COCc1c(C)cccc1-c1ccccc1S(=O)(=O)Nc1noc(C)c1C. The van der Waals surface area contributed by atoms with Gasteiger partial charge in [0, 0.05) is 18.2 Å².